The third kappa shape index (κ3) is 2.39. The SMILES string of the molecule is CC(=O)C(O)COc1ccco1. The monoisotopic (exact) mass is 170 g/mol. The molecule has 0 spiro atoms. The first-order valence-electron chi connectivity index (χ1n) is 3.55. The molecule has 1 rings (SSSR count). The maximum Gasteiger partial charge on any atom is 0.284 e. The zero-order chi connectivity index (χ0) is 8.97. The molecule has 0 fully saturated rings. The molecule has 66 valence electrons. The van der Waals surface area contributed by atoms with Crippen molar-refractivity contribution in [1.82, 2.24) is 0 Å². The Morgan fingerprint density at radius 3 is 3.08 bits per heavy atom. The topological polar surface area (TPSA) is 59.7 Å². The van der Waals surface area contributed by atoms with Crippen LogP contribution in [0.4, 0.5) is 0 Å². The first kappa shape index (κ1) is 8.80. The second kappa shape index (κ2) is 3.92. The van der Waals surface area contributed by atoms with Crippen LogP contribution in [0, 0.1) is 0 Å². The Morgan fingerprint density at radius 1 is 1.83 bits per heavy atom. The van der Waals surface area contributed by atoms with Crippen LogP contribution in [0.2, 0.25) is 0 Å². The average molecular weight is 170 g/mol. The molecule has 0 bridgehead atoms. The van der Waals surface area contributed by atoms with Gasteiger partial charge in [0, 0.05) is 6.07 Å². The summed E-state index contributed by atoms with van der Waals surface area (Å²) in [5, 5.41) is 9.01. The minimum Gasteiger partial charge on any atom is -0.462 e. The highest BCUT2D eigenvalue weighted by molar-refractivity contribution is 5.80. The summed E-state index contributed by atoms with van der Waals surface area (Å²) in [5.41, 5.74) is 0. The number of ether oxygens (including phenoxy) is 1. The van der Waals surface area contributed by atoms with Crippen molar-refractivity contribution in [2.75, 3.05) is 6.61 Å². The van der Waals surface area contributed by atoms with Crippen molar-refractivity contribution in [1.29, 1.82) is 0 Å². The fourth-order valence-electron chi connectivity index (χ4n) is 0.624. The molecule has 4 heteroatoms. The number of aliphatic hydroxyl groups excluding tert-OH is 1. The summed E-state index contributed by atoms with van der Waals surface area (Å²) < 4.78 is 9.75. The first-order chi connectivity index (χ1) is 5.70. The smallest absolute Gasteiger partial charge is 0.284 e. The highest BCUT2D eigenvalue weighted by Gasteiger charge is 2.10. The number of Topliss-reactive ketones (excluding diaryl/α,β-unsaturated/α-hetero) is 1. The Kier molecular flexibility index (Phi) is 2.88. The van der Waals surface area contributed by atoms with Crippen LogP contribution in [0.5, 0.6) is 5.95 Å². The Labute approximate surface area is 69.8 Å². The molecule has 1 heterocycles. The third-order valence-electron chi connectivity index (χ3n) is 1.35. The number of carbonyl (C=O) groups excluding carboxylic acids is 1. The second-order valence-electron chi connectivity index (χ2n) is 2.37. The summed E-state index contributed by atoms with van der Waals surface area (Å²) in [6, 6.07) is 3.27. The van der Waals surface area contributed by atoms with Gasteiger partial charge < -0.3 is 14.3 Å². The van der Waals surface area contributed by atoms with Crippen LogP contribution in [0.3, 0.4) is 0 Å². The van der Waals surface area contributed by atoms with Crippen LogP contribution in [0.1, 0.15) is 6.92 Å². The van der Waals surface area contributed by atoms with Gasteiger partial charge in [-0.2, -0.15) is 0 Å². The summed E-state index contributed by atoms with van der Waals surface area (Å²) >= 11 is 0. The summed E-state index contributed by atoms with van der Waals surface area (Å²) in [5.74, 6) is -0.0168. The van der Waals surface area contributed by atoms with E-state index in [-0.39, 0.29) is 12.4 Å². The highest BCUT2D eigenvalue weighted by atomic mass is 16.6. The maximum atomic E-state index is 10.5. The molecule has 1 N–H and O–H groups in total. The number of aliphatic hydroxyl groups is 1. The number of ketones is 1. The largest absolute Gasteiger partial charge is 0.462 e. The van der Waals surface area contributed by atoms with Gasteiger partial charge in [-0.15, -0.1) is 0 Å². The normalized spacial score (nSPS) is 12.5. The molecular weight excluding hydrogens is 160 g/mol. The Morgan fingerprint density at radius 2 is 2.58 bits per heavy atom. The van der Waals surface area contributed by atoms with Crippen LogP contribution < -0.4 is 4.74 Å². The van der Waals surface area contributed by atoms with Gasteiger partial charge in [0.25, 0.3) is 5.95 Å². The number of hydrogen-bond acceptors (Lipinski definition) is 4. The molecule has 1 atom stereocenters. The quantitative estimate of drug-likeness (QED) is 0.719. The van der Waals surface area contributed by atoms with Gasteiger partial charge in [0.2, 0.25) is 0 Å². The van der Waals surface area contributed by atoms with Gasteiger partial charge in [0.05, 0.1) is 6.26 Å². The lowest BCUT2D eigenvalue weighted by Gasteiger charge is -2.05. The zero-order valence-corrected chi connectivity index (χ0v) is 6.69. The first-order valence-corrected chi connectivity index (χ1v) is 3.55. The summed E-state index contributed by atoms with van der Waals surface area (Å²) in [7, 11) is 0. The van der Waals surface area contributed by atoms with Crippen molar-refractivity contribution in [2.24, 2.45) is 0 Å². The molecule has 0 radical (unpaired) electrons. The summed E-state index contributed by atoms with van der Waals surface area (Å²) in [6.07, 6.45) is 0.380. The van der Waals surface area contributed by atoms with E-state index in [2.05, 4.69) is 0 Å². The molecule has 0 aromatic carbocycles. The Balaban J connectivity index is 2.31. The molecule has 0 aliphatic rings. The lowest BCUT2D eigenvalue weighted by atomic mass is 10.3. The van der Waals surface area contributed by atoms with Gasteiger partial charge in [-0.25, -0.2) is 0 Å². The summed E-state index contributed by atoms with van der Waals surface area (Å²) in [4.78, 5) is 10.5. The molecule has 12 heavy (non-hydrogen) atoms. The predicted molar refractivity (Wildman–Crippen MR) is 40.9 cm³/mol. The van der Waals surface area contributed by atoms with Crippen molar-refractivity contribution in [3.63, 3.8) is 0 Å². The van der Waals surface area contributed by atoms with E-state index < -0.39 is 6.10 Å². The van der Waals surface area contributed by atoms with Gasteiger partial charge in [0.1, 0.15) is 12.7 Å². The van der Waals surface area contributed by atoms with Gasteiger partial charge in [-0.1, -0.05) is 0 Å². The standard InChI is InChI=1S/C8H10O4/c1-6(9)7(10)5-12-8-3-2-4-11-8/h2-4,7,10H,5H2,1H3. The van der Waals surface area contributed by atoms with Gasteiger partial charge in [0.15, 0.2) is 5.78 Å². The van der Waals surface area contributed by atoms with Crippen molar-refractivity contribution in [2.45, 2.75) is 13.0 Å². The van der Waals surface area contributed by atoms with Gasteiger partial charge in [-0.05, 0) is 13.0 Å². The van der Waals surface area contributed by atoms with E-state index in [4.69, 9.17) is 14.3 Å². The summed E-state index contributed by atoms with van der Waals surface area (Å²) in [6.45, 7) is 1.24. The molecule has 1 aromatic heterocycles. The van der Waals surface area contributed by atoms with Crippen molar-refractivity contribution < 1.29 is 19.1 Å². The van der Waals surface area contributed by atoms with E-state index in [1.807, 2.05) is 0 Å². The minimum atomic E-state index is -1.07. The molecule has 4 nitrogen and oxygen atoms in total. The Bertz CT molecular complexity index is 240. The van der Waals surface area contributed by atoms with E-state index in [1.165, 1.54) is 13.2 Å². The van der Waals surface area contributed by atoms with Crippen molar-refractivity contribution in [3.8, 4) is 5.95 Å². The van der Waals surface area contributed by atoms with Crippen LogP contribution in [0.15, 0.2) is 22.8 Å². The van der Waals surface area contributed by atoms with Crippen LogP contribution in [-0.4, -0.2) is 23.6 Å². The van der Waals surface area contributed by atoms with E-state index in [0.717, 1.165) is 0 Å². The molecule has 1 unspecified atom stereocenters. The number of rotatable bonds is 4. The van der Waals surface area contributed by atoms with E-state index in [0.29, 0.717) is 5.95 Å². The number of carbonyl (C=O) groups is 1. The molecule has 1 aromatic rings. The average Bonchev–Trinajstić information content (AvgIpc) is 2.51. The van der Waals surface area contributed by atoms with Gasteiger partial charge in [-0.3, -0.25) is 4.79 Å². The molecule has 0 aliphatic carbocycles. The van der Waals surface area contributed by atoms with Crippen molar-refractivity contribution >= 4 is 5.78 Å². The van der Waals surface area contributed by atoms with E-state index in [9.17, 15) is 4.79 Å². The zero-order valence-electron chi connectivity index (χ0n) is 6.69. The highest BCUT2D eigenvalue weighted by Crippen LogP contribution is 2.09. The minimum absolute atomic E-state index is 0.0666. The van der Waals surface area contributed by atoms with Crippen LogP contribution >= 0.6 is 0 Å². The van der Waals surface area contributed by atoms with Gasteiger partial charge >= 0.3 is 0 Å². The maximum absolute atomic E-state index is 10.5. The lowest BCUT2D eigenvalue weighted by molar-refractivity contribution is -0.126. The Hall–Kier alpha value is -1.29. The molecule has 0 saturated carbocycles. The number of furan rings is 1. The van der Waals surface area contributed by atoms with Crippen molar-refractivity contribution in [3.05, 3.63) is 18.4 Å². The molecule has 0 amide bonds. The fourth-order valence-corrected chi connectivity index (χ4v) is 0.624. The van der Waals surface area contributed by atoms with Crippen LogP contribution in [-0.2, 0) is 4.79 Å². The van der Waals surface area contributed by atoms with E-state index in [1.54, 1.807) is 12.1 Å². The lowest BCUT2D eigenvalue weighted by Crippen LogP contribution is -2.24. The number of hydrogen-bond donors (Lipinski definition) is 1. The van der Waals surface area contributed by atoms with E-state index >= 15 is 0 Å². The molecule has 0 saturated heterocycles. The second-order valence-corrected chi connectivity index (χ2v) is 2.37. The predicted octanol–water partition coefficient (Wildman–Crippen LogP) is 0.608. The molecular formula is C8H10O4. The van der Waals surface area contributed by atoms with Crippen LogP contribution in [0.25, 0.3) is 0 Å². The fraction of sp³-hybridized carbons (Fsp3) is 0.375. The molecule has 0 aliphatic heterocycles. The third-order valence-corrected chi connectivity index (χ3v) is 1.35.